The summed E-state index contributed by atoms with van der Waals surface area (Å²) in [6.45, 7) is 0.109. The van der Waals surface area contributed by atoms with E-state index in [0.29, 0.717) is 17.5 Å². The fraction of sp³-hybridized carbons (Fsp3) is 0.286. The van der Waals surface area contributed by atoms with Crippen molar-refractivity contribution in [3.05, 3.63) is 63.6 Å². The Kier molecular flexibility index (Phi) is 7.41. The van der Waals surface area contributed by atoms with Crippen molar-refractivity contribution < 1.29 is 23.1 Å². The fourth-order valence-corrected chi connectivity index (χ4v) is 5.91. The van der Waals surface area contributed by atoms with Gasteiger partial charge in [-0.2, -0.15) is 9.57 Å². The number of carbonyl (C=O) groups is 2. The van der Waals surface area contributed by atoms with Gasteiger partial charge in [0.15, 0.2) is 0 Å². The smallest absolute Gasteiger partial charge is 0.326 e. The first-order chi connectivity index (χ1) is 15.1. The molecule has 2 aromatic carbocycles. The van der Waals surface area contributed by atoms with Crippen molar-refractivity contribution in [2.75, 3.05) is 6.54 Å². The van der Waals surface area contributed by atoms with Gasteiger partial charge in [-0.25, -0.2) is 13.2 Å². The molecule has 1 aliphatic rings. The first-order valence-electron chi connectivity index (χ1n) is 9.62. The highest BCUT2D eigenvalue weighted by Gasteiger charge is 2.40. The Morgan fingerprint density at radius 1 is 1.19 bits per heavy atom. The Bertz CT molecular complexity index is 1160. The zero-order valence-electron chi connectivity index (χ0n) is 16.7. The highest BCUT2D eigenvalue weighted by Crippen LogP contribution is 2.30. The molecule has 11 heteroatoms. The monoisotopic (exact) mass is 495 g/mol. The third-order valence-corrected chi connectivity index (χ3v) is 7.41. The molecule has 0 aliphatic carbocycles. The van der Waals surface area contributed by atoms with E-state index in [4.69, 9.17) is 28.5 Å². The van der Waals surface area contributed by atoms with Gasteiger partial charge in [-0.15, -0.1) is 0 Å². The lowest BCUT2D eigenvalue weighted by molar-refractivity contribution is -0.142. The number of halogens is 2. The number of carbonyl (C=O) groups excluding carboxylic acids is 1. The van der Waals surface area contributed by atoms with Crippen LogP contribution >= 0.6 is 23.2 Å². The normalized spacial score (nSPS) is 17.5. The molecule has 0 unspecified atom stereocenters. The number of hydrogen-bond donors (Lipinski definition) is 2. The largest absolute Gasteiger partial charge is 0.480 e. The summed E-state index contributed by atoms with van der Waals surface area (Å²) in [4.78, 5) is 24.5. The number of aliphatic carboxylic acids is 1. The molecule has 1 fully saturated rings. The van der Waals surface area contributed by atoms with E-state index < -0.39 is 34.0 Å². The molecule has 1 heterocycles. The van der Waals surface area contributed by atoms with Gasteiger partial charge < -0.3 is 10.4 Å². The third-order valence-electron chi connectivity index (χ3n) is 5.09. The molecule has 32 heavy (non-hydrogen) atoms. The summed E-state index contributed by atoms with van der Waals surface area (Å²) < 4.78 is 27.3. The van der Waals surface area contributed by atoms with Crippen molar-refractivity contribution in [1.82, 2.24) is 9.62 Å². The highest BCUT2D eigenvalue weighted by molar-refractivity contribution is 7.89. The summed E-state index contributed by atoms with van der Waals surface area (Å²) in [7, 11) is -4.07. The molecule has 0 spiro atoms. The number of nitrogens with zero attached hydrogens (tertiary/aromatic N) is 2. The lowest BCUT2D eigenvalue weighted by Crippen LogP contribution is -2.51. The Labute approximate surface area is 195 Å². The van der Waals surface area contributed by atoms with Crippen molar-refractivity contribution in [2.24, 2.45) is 0 Å². The van der Waals surface area contributed by atoms with Crippen LogP contribution in [0.2, 0.25) is 10.0 Å². The van der Waals surface area contributed by atoms with Gasteiger partial charge in [-0.3, -0.25) is 4.79 Å². The molecule has 1 saturated heterocycles. The third kappa shape index (κ3) is 5.40. The van der Waals surface area contributed by atoms with Gasteiger partial charge in [0, 0.05) is 23.0 Å². The Morgan fingerprint density at radius 2 is 1.81 bits per heavy atom. The maximum Gasteiger partial charge on any atom is 0.326 e. The molecule has 3 rings (SSSR count). The van der Waals surface area contributed by atoms with Gasteiger partial charge in [0.05, 0.1) is 16.5 Å². The number of carboxylic acids is 1. The number of rotatable bonds is 7. The fourth-order valence-electron chi connectivity index (χ4n) is 3.52. The van der Waals surface area contributed by atoms with E-state index in [1.165, 1.54) is 18.2 Å². The molecule has 1 amide bonds. The zero-order valence-corrected chi connectivity index (χ0v) is 19.0. The molecule has 1 aliphatic heterocycles. The quantitative estimate of drug-likeness (QED) is 0.607. The molecule has 2 atom stereocenters. The second-order valence-electron chi connectivity index (χ2n) is 7.29. The summed E-state index contributed by atoms with van der Waals surface area (Å²) in [6.07, 6.45) is 0.678. The van der Waals surface area contributed by atoms with Gasteiger partial charge in [0.2, 0.25) is 15.9 Å². The van der Waals surface area contributed by atoms with E-state index in [2.05, 4.69) is 5.32 Å². The van der Waals surface area contributed by atoms with Crippen LogP contribution in [0.3, 0.4) is 0 Å². The maximum atomic E-state index is 13.1. The van der Waals surface area contributed by atoms with Crippen LogP contribution in [-0.2, 0) is 26.0 Å². The SMILES string of the molecule is N#Cc1ccc(C[C@H](NC(=O)[C@@H]2CCCN2S(=O)(=O)c2cc(Cl)cc(Cl)c2)C(=O)O)cc1. The molecule has 0 saturated carbocycles. The van der Waals surface area contributed by atoms with Gasteiger partial charge in [0.1, 0.15) is 12.1 Å². The molecule has 0 aromatic heterocycles. The number of sulfonamides is 1. The van der Waals surface area contributed by atoms with Gasteiger partial charge >= 0.3 is 5.97 Å². The predicted molar refractivity (Wildman–Crippen MR) is 118 cm³/mol. The first-order valence-corrected chi connectivity index (χ1v) is 11.8. The second kappa shape index (κ2) is 9.88. The van der Waals surface area contributed by atoms with Crippen molar-refractivity contribution in [2.45, 2.75) is 36.2 Å². The minimum Gasteiger partial charge on any atom is -0.480 e. The highest BCUT2D eigenvalue weighted by atomic mass is 35.5. The number of nitrogens with one attached hydrogen (secondary N) is 1. The second-order valence-corrected chi connectivity index (χ2v) is 10.1. The van der Waals surface area contributed by atoms with Crippen LogP contribution in [0.25, 0.3) is 0 Å². The van der Waals surface area contributed by atoms with Crippen molar-refractivity contribution in [3.8, 4) is 6.07 Å². The van der Waals surface area contributed by atoms with Crippen LogP contribution in [0.15, 0.2) is 47.4 Å². The summed E-state index contributed by atoms with van der Waals surface area (Å²) in [6, 6.07) is 9.88. The van der Waals surface area contributed by atoms with Gasteiger partial charge in [-0.1, -0.05) is 35.3 Å². The van der Waals surface area contributed by atoms with Crippen molar-refractivity contribution in [1.29, 1.82) is 5.26 Å². The Hall–Kier alpha value is -2.64. The van der Waals surface area contributed by atoms with Crippen LogP contribution in [0.5, 0.6) is 0 Å². The van der Waals surface area contributed by atoms with E-state index in [-0.39, 0.29) is 34.3 Å². The summed E-state index contributed by atoms with van der Waals surface area (Å²) in [5, 5.41) is 21.2. The molecule has 2 aromatic rings. The lowest BCUT2D eigenvalue weighted by atomic mass is 10.0. The predicted octanol–water partition coefficient (Wildman–Crippen LogP) is 2.83. The van der Waals surface area contributed by atoms with E-state index in [9.17, 15) is 23.1 Å². The van der Waals surface area contributed by atoms with E-state index in [1.807, 2.05) is 6.07 Å². The lowest BCUT2D eigenvalue weighted by Gasteiger charge is -2.25. The standard InChI is InChI=1S/C21H19Cl2N3O5S/c22-15-9-16(23)11-17(10-15)32(30,31)26-7-1-2-19(26)20(27)25-18(21(28)29)8-13-3-5-14(12-24)6-4-13/h3-6,9-11,18-19H,1-2,7-8H2,(H,25,27)(H,28,29)/t18-,19-/m0/s1. The first kappa shape index (κ1) is 24.0. The van der Waals surface area contributed by atoms with Crippen LogP contribution in [0, 0.1) is 11.3 Å². The molecule has 168 valence electrons. The molecule has 2 N–H and O–H groups in total. The molecular formula is C21H19Cl2N3O5S. The van der Waals surface area contributed by atoms with Gasteiger partial charge in [-0.05, 0) is 48.7 Å². The van der Waals surface area contributed by atoms with Crippen LogP contribution in [0.1, 0.15) is 24.0 Å². The van der Waals surface area contributed by atoms with Crippen LogP contribution < -0.4 is 5.32 Å². The number of nitriles is 1. The number of carboxylic acid groups (broad SMARTS) is 1. The summed E-state index contributed by atoms with van der Waals surface area (Å²) >= 11 is 11.9. The minimum absolute atomic E-state index is 0.0177. The summed E-state index contributed by atoms with van der Waals surface area (Å²) in [5.41, 5.74) is 1.04. The Morgan fingerprint density at radius 3 is 2.38 bits per heavy atom. The molecular weight excluding hydrogens is 477 g/mol. The van der Waals surface area contributed by atoms with Gasteiger partial charge in [0.25, 0.3) is 0 Å². The zero-order chi connectivity index (χ0) is 23.5. The topological polar surface area (TPSA) is 128 Å². The average molecular weight is 496 g/mol. The van der Waals surface area contributed by atoms with Crippen LogP contribution in [-0.4, -0.2) is 48.3 Å². The molecule has 0 radical (unpaired) electrons. The minimum atomic E-state index is -4.07. The number of hydrogen-bond acceptors (Lipinski definition) is 5. The molecule has 8 nitrogen and oxygen atoms in total. The molecule has 0 bridgehead atoms. The number of benzene rings is 2. The maximum absolute atomic E-state index is 13.1. The van der Waals surface area contributed by atoms with E-state index in [1.54, 1.807) is 24.3 Å². The van der Waals surface area contributed by atoms with Crippen molar-refractivity contribution >= 4 is 45.1 Å². The van der Waals surface area contributed by atoms with E-state index >= 15 is 0 Å². The number of amides is 1. The summed E-state index contributed by atoms with van der Waals surface area (Å²) in [5.74, 6) is -1.95. The van der Waals surface area contributed by atoms with Crippen LogP contribution in [0.4, 0.5) is 0 Å². The van der Waals surface area contributed by atoms with Crippen molar-refractivity contribution in [3.63, 3.8) is 0 Å². The average Bonchev–Trinajstić information content (AvgIpc) is 3.24. The Balaban J connectivity index is 1.78. The van der Waals surface area contributed by atoms with E-state index in [0.717, 1.165) is 4.31 Å².